The van der Waals surface area contributed by atoms with Crippen molar-refractivity contribution in [2.24, 2.45) is 11.7 Å². The fourth-order valence-electron chi connectivity index (χ4n) is 3.20. The first-order valence-electron chi connectivity index (χ1n) is 6.57. The van der Waals surface area contributed by atoms with Crippen molar-refractivity contribution in [1.29, 1.82) is 0 Å². The van der Waals surface area contributed by atoms with Gasteiger partial charge in [-0.15, -0.1) is 0 Å². The predicted molar refractivity (Wildman–Crippen MR) is 72.9 cm³/mol. The quantitative estimate of drug-likeness (QED) is 0.788. The van der Waals surface area contributed by atoms with E-state index in [4.69, 9.17) is 10.5 Å². The van der Waals surface area contributed by atoms with Gasteiger partial charge in [-0.1, -0.05) is 0 Å². The maximum absolute atomic E-state index is 6.46. The standard InChI is InChI=1S/C14H21N3O/c1-17-6-5-13-11(8-17)14(15)10-7-9(18-2)3-4-12(10)16-13/h3-4,7,11,13-14,16H,5-6,8,15H2,1-2H3. The van der Waals surface area contributed by atoms with E-state index >= 15 is 0 Å². The normalized spacial score (nSPS) is 31.2. The zero-order valence-electron chi connectivity index (χ0n) is 11.0. The van der Waals surface area contributed by atoms with Crippen molar-refractivity contribution >= 4 is 5.69 Å². The van der Waals surface area contributed by atoms with Crippen LogP contribution in [0.1, 0.15) is 18.0 Å². The minimum absolute atomic E-state index is 0.101. The molecule has 3 unspecified atom stereocenters. The molecule has 1 saturated heterocycles. The lowest BCUT2D eigenvalue weighted by atomic mass is 9.79. The minimum Gasteiger partial charge on any atom is -0.497 e. The smallest absolute Gasteiger partial charge is 0.119 e. The SMILES string of the molecule is COc1ccc2c(c1)C(N)C1CN(C)CCC1N2. The number of anilines is 1. The zero-order valence-corrected chi connectivity index (χ0v) is 11.0. The molecule has 0 spiro atoms. The number of hydrogen-bond donors (Lipinski definition) is 2. The third kappa shape index (κ3) is 1.85. The molecular formula is C14H21N3O. The van der Waals surface area contributed by atoms with Crippen molar-refractivity contribution in [3.05, 3.63) is 23.8 Å². The van der Waals surface area contributed by atoms with Gasteiger partial charge in [0.25, 0.3) is 0 Å². The highest BCUT2D eigenvalue weighted by molar-refractivity contribution is 5.58. The van der Waals surface area contributed by atoms with Gasteiger partial charge >= 0.3 is 0 Å². The summed E-state index contributed by atoms with van der Waals surface area (Å²) < 4.78 is 5.29. The Morgan fingerprint density at radius 3 is 3.06 bits per heavy atom. The van der Waals surface area contributed by atoms with Crippen LogP contribution in [-0.4, -0.2) is 38.2 Å². The number of hydrogen-bond acceptors (Lipinski definition) is 4. The van der Waals surface area contributed by atoms with E-state index in [9.17, 15) is 0 Å². The molecule has 3 atom stereocenters. The van der Waals surface area contributed by atoms with Crippen molar-refractivity contribution in [2.45, 2.75) is 18.5 Å². The summed E-state index contributed by atoms with van der Waals surface area (Å²) in [5.74, 6) is 1.37. The van der Waals surface area contributed by atoms with Crippen LogP contribution in [0.15, 0.2) is 18.2 Å². The van der Waals surface area contributed by atoms with Crippen LogP contribution in [0.25, 0.3) is 0 Å². The molecule has 0 aromatic heterocycles. The highest BCUT2D eigenvalue weighted by Crippen LogP contribution is 2.39. The number of nitrogens with one attached hydrogen (secondary N) is 1. The second-order valence-corrected chi connectivity index (χ2v) is 5.44. The molecule has 1 aromatic rings. The molecule has 2 aliphatic heterocycles. The third-order valence-electron chi connectivity index (χ3n) is 4.28. The molecule has 2 heterocycles. The minimum atomic E-state index is 0.101. The van der Waals surface area contributed by atoms with Crippen LogP contribution in [-0.2, 0) is 0 Å². The Balaban J connectivity index is 1.95. The zero-order chi connectivity index (χ0) is 12.7. The summed E-state index contributed by atoms with van der Waals surface area (Å²) in [4.78, 5) is 2.37. The molecule has 1 fully saturated rings. The maximum Gasteiger partial charge on any atom is 0.119 e. The van der Waals surface area contributed by atoms with Gasteiger partial charge in [-0.3, -0.25) is 0 Å². The third-order valence-corrected chi connectivity index (χ3v) is 4.28. The summed E-state index contributed by atoms with van der Waals surface area (Å²) in [6, 6.07) is 6.76. The first kappa shape index (κ1) is 11.8. The first-order valence-corrected chi connectivity index (χ1v) is 6.57. The van der Waals surface area contributed by atoms with Gasteiger partial charge in [0.15, 0.2) is 0 Å². The van der Waals surface area contributed by atoms with E-state index in [0.717, 1.165) is 18.8 Å². The number of fused-ring (bicyclic) bond motifs is 2. The molecule has 18 heavy (non-hydrogen) atoms. The lowest BCUT2D eigenvalue weighted by molar-refractivity contribution is 0.168. The molecule has 3 N–H and O–H groups in total. The Hall–Kier alpha value is -1.26. The summed E-state index contributed by atoms with van der Waals surface area (Å²) in [6.45, 7) is 2.21. The molecule has 4 nitrogen and oxygen atoms in total. The second kappa shape index (κ2) is 4.44. The van der Waals surface area contributed by atoms with Crippen molar-refractivity contribution in [1.82, 2.24) is 4.90 Å². The van der Waals surface area contributed by atoms with Crippen LogP contribution in [0, 0.1) is 5.92 Å². The highest BCUT2D eigenvalue weighted by Gasteiger charge is 2.37. The van der Waals surface area contributed by atoms with E-state index in [1.165, 1.54) is 17.7 Å². The number of rotatable bonds is 1. The summed E-state index contributed by atoms with van der Waals surface area (Å²) in [5.41, 5.74) is 8.83. The molecular weight excluding hydrogens is 226 g/mol. The molecule has 4 heteroatoms. The maximum atomic E-state index is 6.46. The number of nitrogens with zero attached hydrogens (tertiary/aromatic N) is 1. The van der Waals surface area contributed by atoms with Crippen molar-refractivity contribution in [3.63, 3.8) is 0 Å². The fourth-order valence-corrected chi connectivity index (χ4v) is 3.20. The number of methoxy groups -OCH3 is 1. The van der Waals surface area contributed by atoms with E-state index in [2.05, 4.69) is 29.4 Å². The predicted octanol–water partition coefficient (Wildman–Crippen LogP) is 1.44. The Labute approximate surface area is 108 Å². The largest absolute Gasteiger partial charge is 0.497 e. The van der Waals surface area contributed by atoms with Gasteiger partial charge in [0.2, 0.25) is 0 Å². The van der Waals surface area contributed by atoms with Gasteiger partial charge in [0.05, 0.1) is 7.11 Å². The number of piperidine rings is 1. The number of benzene rings is 1. The van der Waals surface area contributed by atoms with E-state index in [1.807, 2.05) is 6.07 Å². The van der Waals surface area contributed by atoms with Gasteiger partial charge in [0, 0.05) is 30.2 Å². The summed E-state index contributed by atoms with van der Waals surface area (Å²) in [6.07, 6.45) is 1.17. The van der Waals surface area contributed by atoms with Crippen LogP contribution in [0.3, 0.4) is 0 Å². The highest BCUT2D eigenvalue weighted by atomic mass is 16.5. The second-order valence-electron chi connectivity index (χ2n) is 5.44. The molecule has 0 amide bonds. The topological polar surface area (TPSA) is 50.5 Å². The number of nitrogens with two attached hydrogens (primary N) is 1. The van der Waals surface area contributed by atoms with Crippen LogP contribution >= 0.6 is 0 Å². The van der Waals surface area contributed by atoms with E-state index in [-0.39, 0.29) is 6.04 Å². The van der Waals surface area contributed by atoms with E-state index in [0.29, 0.717) is 12.0 Å². The average Bonchev–Trinajstić information content (AvgIpc) is 2.40. The van der Waals surface area contributed by atoms with E-state index < -0.39 is 0 Å². The van der Waals surface area contributed by atoms with Gasteiger partial charge < -0.3 is 20.7 Å². The van der Waals surface area contributed by atoms with Gasteiger partial charge in [-0.25, -0.2) is 0 Å². The molecule has 98 valence electrons. The van der Waals surface area contributed by atoms with Gasteiger partial charge in [-0.05, 0) is 43.8 Å². The summed E-state index contributed by atoms with van der Waals surface area (Å²) in [7, 11) is 3.87. The molecule has 1 aromatic carbocycles. The number of likely N-dealkylation sites (tertiary alicyclic amines) is 1. The van der Waals surface area contributed by atoms with Crippen molar-refractivity contribution in [3.8, 4) is 5.75 Å². The molecule has 0 bridgehead atoms. The molecule has 3 rings (SSSR count). The Kier molecular flexibility index (Phi) is 2.92. The average molecular weight is 247 g/mol. The molecule has 0 radical (unpaired) electrons. The summed E-state index contributed by atoms with van der Waals surface area (Å²) >= 11 is 0. The monoisotopic (exact) mass is 247 g/mol. The molecule has 0 aliphatic carbocycles. The molecule has 0 saturated carbocycles. The fraction of sp³-hybridized carbons (Fsp3) is 0.571. The van der Waals surface area contributed by atoms with Gasteiger partial charge in [-0.2, -0.15) is 0 Å². The Morgan fingerprint density at radius 2 is 2.28 bits per heavy atom. The lowest BCUT2D eigenvalue weighted by Crippen LogP contribution is -2.51. The Morgan fingerprint density at radius 1 is 1.44 bits per heavy atom. The van der Waals surface area contributed by atoms with Gasteiger partial charge in [0.1, 0.15) is 5.75 Å². The van der Waals surface area contributed by atoms with Crippen LogP contribution in [0.5, 0.6) is 5.75 Å². The van der Waals surface area contributed by atoms with E-state index in [1.54, 1.807) is 7.11 Å². The summed E-state index contributed by atoms with van der Waals surface area (Å²) in [5, 5.41) is 3.64. The number of ether oxygens (including phenoxy) is 1. The van der Waals surface area contributed by atoms with Crippen molar-refractivity contribution < 1.29 is 4.74 Å². The molecule has 2 aliphatic rings. The lowest BCUT2D eigenvalue weighted by Gasteiger charge is -2.44. The van der Waals surface area contributed by atoms with Crippen molar-refractivity contribution in [2.75, 3.05) is 32.6 Å². The Bertz CT molecular complexity index is 449. The van der Waals surface area contributed by atoms with Crippen LogP contribution < -0.4 is 15.8 Å². The van der Waals surface area contributed by atoms with Crippen LogP contribution in [0.4, 0.5) is 5.69 Å². The van der Waals surface area contributed by atoms with Crippen LogP contribution in [0.2, 0.25) is 0 Å². The first-order chi connectivity index (χ1) is 8.69.